The van der Waals surface area contributed by atoms with Crippen molar-refractivity contribution in [3.05, 3.63) is 58.1 Å². The van der Waals surface area contributed by atoms with Crippen LogP contribution in [0, 0.1) is 11.3 Å². The van der Waals surface area contributed by atoms with Crippen LogP contribution in [0.1, 0.15) is 12.5 Å². The number of carbonyl (C=O) groups is 1. The number of nitrogens with zero attached hydrogens (tertiary/aromatic N) is 1. The Hall–Kier alpha value is -2.35. The lowest BCUT2D eigenvalue weighted by Crippen LogP contribution is -2.48. The van der Waals surface area contributed by atoms with E-state index < -0.39 is 28.1 Å². The Morgan fingerprint density at radius 1 is 1.17 bits per heavy atom. The maximum atomic E-state index is 12.5. The molecule has 0 aromatic heterocycles. The SMILES string of the molecule is CC(O)C(NS(=O)(=O)c1ccc(Cl)c(Cl)c1)C(=O)OCCOc1ccc(C#N)cc1. The van der Waals surface area contributed by atoms with Gasteiger partial charge in [0, 0.05) is 0 Å². The van der Waals surface area contributed by atoms with Gasteiger partial charge in [-0.15, -0.1) is 0 Å². The monoisotopic (exact) mass is 472 g/mol. The van der Waals surface area contributed by atoms with Gasteiger partial charge < -0.3 is 14.6 Å². The van der Waals surface area contributed by atoms with Crippen molar-refractivity contribution in [1.82, 2.24) is 4.72 Å². The smallest absolute Gasteiger partial charge is 0.326 e. The summed E-state index contributed by atoms with van der Waals surface area (Å²) in [5.74, 6) is -0.505. The molecule has 0 radical (unpaired) electrons. The van der Waals surface area contributed by atoms with Gasteiger partial charge >= 0.3 is 5.97 Å². The predicted molar refractivity (Wildman–Crippen MR) is 110 cm³/mol. The van der Waals surface area contributed by atoms with Crippen LogP contribution in [0.25, 0.3) is 0 Å². The van der Waals surface area contributed by atoms with Gasteiger partial charge in [0.25, 0.3) is 0 Å². The molecule has 30 heavy (non-hydrogen) atoms. The number of carbonyl (C=O) groups excluding carboxylic acids is 1. The minimum Gasteiger partial charge on any atom is -0.490 e. The number of hydrogen-bond acceptors (Lipinski definition) is 7. The summed E-state index contributed by atoms with van der Waals surface area (Å²) in [5, 5.41) is 18.8. The number of ether oxygens (including phenoxy) is 2. The van der Waals surface area contributed by atoms with Crippen molar-refractivity contribution in [3.63, 3.8) is 0 Å². The zero-order valence-corrected chi connectivity index (χ0v) is 18.0. The molecule has 2 rings (SSSR count). The van der Waals surface area contributed by atoms with E-state index in [2.05, 4.69) is 4.72 Å². The van der Waals surface area contributed by atoms with Crippen molar-refractivity contribution >= 4 is 39.2 Å². The Morgan fingerprint density at radius 3 is 2.40 bits per heavy atom. The molecule has 2 aromatic carbocycles. The van der Waals surface area contributed by atoms with Crippen molar-refractivity contribution in [1.29, 1.82) is 5.26 Å². The van der Waals surface area contributed by atoms with E-state index in [-0.39, 0.29) is 28.2 Å². The fourth-order valence-electron chi connectivity index (χ4n) is 2.24. The first-order valence-electron chi connectivity index (χ1n) is 8.59. The van der Waals surface area contributed by atoms with Crippen LogP contribution in [0.3, 0.4) is 0 Å². The van der Waals surface area contributed by atoms with E-state index in [0.717, 1.165) is 6.07 Å². The molecule has 2 aromatic rings. The number of halogens is 2. The van der Waals surface area contributed by atoms with Gasteiger partial charge in [0.15, 0.2) is 0 Å². The maximum absolute atomic E-state index is 12.5. The third kappa shape index (κ3) is 6.58. The van der Waals surface area contributed by atoms with Crippen LogP contribution >= 0.6 is 23.2 Å². The van der Waals surface area contributed by atoms with Crippen molar-refractivity contribution in [3.8, 4) is 11.8 Å². The van der Waals surface area contributed by atoms with Crippen molar-refractivity contribution in [2.75, 3.05) is 13.2 Å². The van der Waals surface area contributed by atoms with E-state index in [4.69, 9.17) is 37.9 Å². The molecule has 0 spiro atoms. The van der Waals surface area contributed by atoms with Gasteiger partial charge in [-0.05, 0) is 49.4 Å². The van der Waals surface area contributed by atoms with Crippen LogP contribution in [-0.2, 0) is 19.6 Å². The van der Waals surface area contributed by atoms with Crippen LogP contribution in [0.5, 0.6) is 5.75 Å². The van der Waals surface area contributed by atoms with E-state index in [0.29, 0.717) is 11.3 Å². The average molecular weight is 473 g/mol. The molecule has 0 heterocycles. The number of esters is 1. The second kappa shape index (κ2) is 10.6. The molecular weight excluding hydrogens is 455 g/mol. The Kier molecular flexibility index (Phi) is 8.46. The van der Waals surface area contributed by atoms with E-state index in [9.17, 15) is 18.3 Å². The molecule has 0 aliphatic carbocycles. The van der Waals surface area contributed by atoms with Gasteiger partial charge in [0.1, 0.15) is 25.0 Å². The molecule has 0 saturated heterocycles. The second-order valence-corrected chi connectivity index (χ2v) is 8.60. The van der Waals surface area contributed by atoms with Crippen LogP contribution < -0.4 is 9.46 Å². The summed E-state index contributed by atoms with van der Waals surface area (Å²) in [7, 11) is -4.18. The zero-order valence-electron chi connectivity index (χ0n) is 15.7. The highest BCUT2D eigenvalue weighted by Gasteiger charge is 2.31. The highest BCUT2D eigenvalue weighted by atomic mass is 35.5. The lowest BCUT2D eigenvalue weighted by Gasteiger charge is -2.20. The fraction of sp³-hybridized carbons (Fsp3) is 0.263. The van der Waals surface area contributed by atoms with Crippen molar-refractivity contribution in [2.24, 2.45) is 0 Å². The summed E-state index contributed by atoms with van der Waals surface area (Å²) < 4.78 is 37.5. The Labute approximate surface area is 184 Å². The molecule has 2 N–H and O–H groups in total. The second-order valence-electron chi connectivity index (χ2n) is 6.07. The molecule has 2 unspecified atom stereocenters. The largest absolute Gasteiger partial charge is 0.490 e. The predicted octanol–water partition coefficient (Wildman–Crippen LogP) is 2.51. The third-order valence-corrected chi connectivity index (χ3v) is 5.98. The summed E-state index contributed by atoms with van der Waals surface area (Å²) in [6, 6.07) is 10.4. The highest BCUT2D eigenvalue weighted by molar-refractivity contribution is 7.89. The average Bonchev–Trinajstić information content (AvgIpc) is 2.71. The molecule has 0 aliphatic heterocycles. The molecular formula is C19H18Cl2N2O6S. The molecule has 0 aliphatic rings. The maximum Gasteiger partial charge on any atom is 0.326 e. The summed E-state index contributed by atoms with van der Waals surface area (Å²) in [6.07, 6.45) is -1.37. The molecule has 0 fully saturated rings. The molecule has 0 bridgehead atoms. The quantitative estimate of drug-likeness (QED) is 0.423. The number of nitrogens with one attached hydrogen (secondary N) is 1. The summed E-state index contributed by atoms with van der Waals surface area (Å²) in [6.45, 7) is 1.05. The highest BCUT2D eigenvalue weighted by Crippen LogP contribution is 2.25. The molecule has 160 valence electrons. The number of aliphatic hydroxyl groups is 1. The van der Waals surface area contributed by atoms with Gasteiger partial charge in [-0.3, -0.25) is 4.79 Å². The Balaban J connectivity index is 1.95. The first kappa shape index (κ1) is 23.9. The normalized spacial score (nSPS) is 13.2. The van der Waals surface area contributed by atoms with E-state index >= 15 is 0 Å². The first-order chi connectivity index (χ1) is 14.1. The number of benzene rings is 2. The molecule has 0 saturated carbocycles. The topological polar surface area (TPSA) is 126 Å². The van der Waals surface area contributed by atoms with E-state index in [1.54, 1.807) is 24.3 Å². The van der Waals surface area contributed by atoms with Crippen LogP contribution in [0.15, 0.2) is 47.4 Å². The van der Waals surface area contributed by atoms with Gasteiger partial charge in [0.2, 0.25) is 10.0 Å². The van der Waals surface area contributed by atoms with Crippen LogP contribution in [-0.4, -0.2) is 44.9 Å². The Morgan fingerprint density at radius 2 is 1.83 bits per heavy atom. The van der Waals surface area contributed by atoms with Gasteiger partial charge in [-0.2, -0.15) is 9.98 Å². The number of sulfonamides is 1. The summed E-state index contributed by atoms with van der Waals surface area (Å²) >= 11 is 11.6. The lowest BCUT2D eigenvalue weighted by atomic mass is 10.2. The summed E-state index contributed by atoms with van der Waals surface area (Å²) in [5.41, 5.74) is 0.475. The van der Waals surface area contributed by atoms with Gasteiger partial charge in [0.05, 0.1) is 32.7 Å². The molecule has 2 atom stereocenters. The van der Waals surface area contributed by atoms with Gasteiger partial charge in [-0.1, -0.05) is 23.2 Å². The van der Waals surface area contributed by atoms with Crippen LogP contribution in [0.2, 0.25) is 10.0 Å². The first-order valence-corrected chi connectivity index (χ1v) is 10.8. The fourth-order valence-corrected chi connectivity index (χ4v) is 3.89. The molecule has 11 heteroatoms. The van der Waals surface area contributed by atoms with Crippen molar-refractivity contribution in [2.45, 2.75) is 24.0 Å². The standard InChI is InChI=1S/C19H18Cl2N2O6S/c1-12(24)18(23-30(26,27)15-6-7-16(20)17(21)10-15)19(25)29-9-8-28-14-4-2-13(11-22)3-5-14/h2-7,10,12,18,23-24H,8-9H2,1H3. The number of rotatable bonds is 9. The zero-order chi connectivity index (χ0) is 22.3. The van der Waals surface area contributed by atoms with E-state index in [1.165, 1.54) is 19.1 Å². The van der Waals surface area contributed by atoms with Crippen molar-refractivity contribution < 1.29 is 27.8 Å². The van der Waals surface area contributed by atoms with E-state index in [1.807, 2.05) is 6.07 Å². The minimum atomic E-state index is -4.18. The Bertz CT molecular complexity index is 1040. The summed E-state index contributed by atoms with van der Waals surface area (Å²) in [4.78, 5) is 12.0. The van der Waals surface area contributed by atoms with Crippen LogP contribution in [0.4, 0.5) is 0 Å². The minimum absolute atomic E-state index is 0.0102. The third-order valence-electron chi connectivity index (χ3n) is 3.80. The number of hydrogen-bond donors (Lipinski definition) is 2. The molecule has 0 amide bonds. The lowest BCUT2D eigenvalue weighted by molar-refractivity contribution is -0.149. The number of aliphatic hydroxyl groups excluding tert-OH is 1. The van der Waals surface area contributed by atoms with Gasteiger partial charge in [-0.25, -0.2) is 8.42 Å². The molecule has 8 nitrogen and oxygen atoms in total. The number of nitriles is 1.